The van der Waals surface area contributed by atoms with E-state index in [0.29, 0.717) is 6.04 Å². The van der Waals surface area contributed by atoms with Gasteiger partial charge in [0.05, 0.1) is 0 Å². The lowest BCUT2D eigenvalue weighted by molar-refractivity contribution is 0.410. The molecule has 1 fully saturated rings. The standard InChI is InChI=1S/C11H16N2S/c1-8-9(5-6-11(14)13-8)10-4-2-3-7-12-10/h5-6,10,12H,2-4,7H2,1H3,(H,13,14)/t10-/m1/s1. The summed E-state index contributed by atoms with van der Waals surface area (Å²) in [6.45, 7) is 3.24. The number of hydrogen-bond donors (Lipinski definition) is 2. The van der Waals surface area contributed by atoms with Gasteiger partial charge < -0.3 is 10.3 Å². The van der Waals surface area contributed by atoms with Crippen molar-refractivity contribution in [2.24, 2.45) is 0 Å². The first kappa shape index (κ1) is 9.87. The first-order chi connectivity index (χ1) is 6.77. The van der Waals surface area contributed by atoms with Gasteiger partial charge in [0.25, 0.3) is 0 Å². The van der Waals surface area contributed by atoms with Gasteiger partial charge in [-0.15, -0.1) is 0 Å². The Kier molecular flexibility index (Phi) is 2.99. The van der Waals surface area contributed by atoms with Crippen molar-refractivity contribution in [3.05, 3.63) is 28.0 Å². The highest BCUT2D eigenvalue weighted by Crippen LogP contribution is 2.24. The highest BCUT2D eigenvalue weighted by atomic mass is 32.1. The maximum atomic E-state index is 5.08. The number of piperidine rings is 1. The van der Waals surface area contributed by atoms with E-state index in [1.165, 1.54) is 30.5 Å². The van der Waals surface area contributed by atoms with E-state index in [1.807, 2.05) is 6.07 Å². The topological polar surface area (TPSA) is 27.8 Å². The summed E-state index contributed by atoms with van der Waals surface area (Å²) >= 11 is 5.08. The predicted octanol–water partition coefficient (Wildman–Crippen LogP) is 2.87. The van der Waals surface area contributed by atoms with Gasteiger partial charge in [0.2, 0.25) is 0 Å². The Morgan fingerprint density at radius 3 is 2.86 bits per heavy atom. The molecule has 1 aliphatic heterocycles. The number of aryl methyl sites for hydroxylation is 1. The van der Waals surface area contributed by atoms with Gasteiger partial charge in [0.1, 0.15) is 4.64 Å². The van der Waals surface area contributed by atoms with Gasteiger partial charge in [-0.2, -0.15) is 0 Å². The van der Waals surface area contributed by atoms with E-state index < -0.39 is 0 Å². The zero-order valence-corrected chi connectivity index (χ0v) is 9.29. The molecule has 1 atom stereocenters. The molecule has 0 aromatic carbocycles. The van der Waals surface area contributed by atoms with E-state index in [9.17, 15) is 0 Å². The van der Waals surface area contributed by atoms with E-state index in [2.05, 4.69) is 23.3 Å². The van der Waals surface area contributed by atoms with Gasteiger partial charge in [0, 0.05) is 11.7 Å². The minimum absolute atomic E-state index is 0.524. The van der Waals surface area contributed by atoms with Crippen molar-refractivity contribution in [3.8, 4) is 0 Å². The normalized spacial score (nSPS) is 22.2. The van der Waals surface area contributed by atoms with Crippen molar-refractivity contribution in [1.82, 2.24) is 10.3 Å². The zero-order chi connectivity index (χ0) is 9.97. The summed E-state index contributed by atoms with van der Waals surface area (Å²) in [5.41, 5.74) is 2.58. The summed E-state index contributed by atoms with van der Waals surface area (Å²) in [7, 11) is 0. The van der Waals surface area contributed by atoms with Gasteiger partial charge in [0.15, 0.2) is 0 Å². The molecule has 0 bridgehead atoms. The second-order valence-corrected chi connectivity index (χ2v) is 4.35. The number of rotatable bonds is 1. The van der Waals surface area contributed by atoms with E-state index >= 15 is 0 Å². The van der Waals surface area contributed by atoms with Crippen molar-refractivity contribution in [1.29, 1.82) is 0 Å². The van der Waals surface area contributed by atoms with Crippen LogP contribution in [0.15, 0.2) is 12.1 Å². The number of aromatic nitrogens is 1. The molecule has 14 heavy (non-hydrogen) atoms. The highest BCUT2D eigenvalue weighted by molar-refractivity contribution is 7.71. The molecule has 2 nitrogen and oxygen atoms in total. The lowest BCUT2D eigenvalue weighted by Crippen LogP contribution is -2.27. The van der Waals surface area contributed by atoms with Crippen LogP contribution >= 0.6 is 12.2 Å². The fraction of sp³-hybridized carbons (Fsp3) is 0.545. The molecular weight excluding hydrogens is 192 g/mol. The van der Waals surface area contributed by atoms with E-state index in [-0.39, 0.29) is 0 Å². The Balaban J connectivity index is 2.26. The van der Waals surface area contributed by atoms with Crippen molar-refractivity contribution in [2.45, 2.75) is 32.2 Å². The second kappa shape index (κ2) is 4.24. The minimum Gasteiger partial charge on any atom is -0.350 e. The summed E-state index contributed by atoms with van der Waals surface area (Å²) in [6, 6.07) is 4.65. The SMILES string of the molecule is Cc1[nH]c(=S)ccc1[C@H]1CCCCN1. The second-order valence-electron chi connectivity index (χ2n) is 3.91. The van der Waals surface area contributed by atoms with Crippen LogP contribution in [0, 0.1) is 11.6 Å². The molecule has 3 heteroatoms. The van der Waals surface area contributed by atoms with Gasteiger partial charge in [-0.3, -0.25) is 0 Å². The third-order valence-corrected chi connectivity index (χ3v) is 3.08. The molecule has 1 aliphatic rings. The molecule has 76 valence electrons. The van der Waals surface area contributed by atoms with Crippen LogP contribution in [0.25, 0.3) is 0 Å². The van der Waals surface area contributed by atoms with Crippen molar-refractivity contribution >= 4 is 12.2 Å². The third-order valence-electron chi connectivity index (χ3n) is 2.84. The van der Waals surface area contributed by atoms with Crippen LogP contribution < -0.4 is 5.32 Å². The first-order valence-electron chi connectivity index (χ1n) is 5.20. The highest BCUT2D eigenvalue weighted by Gasteiger charge is 2.15. The molecule has 1 aromatic heterocycles. The Labute approximate surface area is 89.7 Å². The molecule has 0 amide bonds. The molecule has 2 heterocycles. The summed E-state index contributed by atoms with van der Waals surface area (Å²) in [4.78, 5) is 3.21. The number of nitrogens with one attached hydrogen (secondary N) is 2. The molecule has 0 saturated carbocycles. The van der Waals surface area contributed by atoms with Crippen LogP contribution in [0.3, 0.4) is 0 Å². The average Bonchev–Trinajstić information content (AvgIpc) is 2.19. The molecule has 0 aliphatic carbocycles. The fourth-order valence-corrected chi connectivity index (χ4v) is 2.31. The van der Waals surface area contributed by atoms with Crippen LogP contribution in [0.2, 0.25) is 0 Å². The van der Waals surface area contributed by atoms with Gasteiger partial charge in [-0.25, -0.2) is 0 Å². The Bertz CT molecular complexity index is 364. The van der Waals surface area contributed by atoms with Crippen molar-refractivity contribution in [2.75, 3.05) is 6.54 Å². The quantitative estimate of drug-likeness (QED) is 0.695. The molecule has 1 saturated heterocycles. The van der Waals surface area contributed by atoms with Crippen LogP contribution in [0.4, 0.5) is 0 Å². The third kappa shape index (κ3) is 2.04. The maximum Gasteiger partial charge on any atom is 0.103 e. The largest absolute Gasteiger partial charge is 0.350 e. The van der Waals surface area contributed by atoms with E-state index in [4.69, 9.17) is 12.2 Å². The van der Waals surface area contributed by atoms with Crippen molar-refractivity contribution < 1.29 is 0 Å². The monoisotopic (exact) mass is 208 g/mol. The smallest absolute Gasteiger partial charge is 0.103 e. The van der Waals surface area contributed by atoms with Crippen LogP contribution in [-0.2, 0) is 0 Å². The lowest BCUT2D eigenvalue weighted by atomic mass is 9.97. The number of aromatic amines is 1. The summed E-state index contributed by atoms with van der Waals surface area (Å²) < 4.78 is 0.821. The molecule has 0 radical (unpaired) electrons. The predicted molar refractivity (Wildman–Crippen MR) is 61.0 cm³/mol. The Hall–Kier alpha value is -0.670. The Morgan fingerprint density at radius 2 is 2.21 bits per heavy atom. The first-order valence-corrected chi connectivity index (χ1v) is 5.61. The Morgan fingerprint density at radius 1 is 1.36 bits per heavy atom. The zero-order valence-electron chi connectivity index (χ0n) is 8.47. The average molecular weight is 208 g/mol. The van der Waals surface area contributed by atoms with Crippen LogP contribution in [0.1, 0.15) is 36.6 Å². The molecule has 0 unspecified atom stereocenters. The summed E-state index contributed by atoms with van der Waals surface area (Å²) in [5, 5.41) is 3.54. The van der Waals surface area contributed by atoms with Gasteiger partial charge in [-0.05, 0) is 37.9 Å². The molecule has 1 aromatic rings. The van der Waals surface area contributed by atoms with Crippen LogP contribution in [0.5, 0.6) is 0 Å². The number of H-pyrrole nitrogens is 1. The molecular formula is C11H16N2S. The summed E-state index contributed by atoms with van der Waals surface area (Å²) in [6.07, 6.45) is 3.87. The van der Waals surface area contributed by atoms with Gasteiger partial charge in [-0.1, -0.05) is 24.7 Å². The molecule has 2 rings (SSSR count). The number of hydrogen-bond acceptors (Lipinski definition) is 2. The fourth-order valence-electron chi connectivity index (χ4n) is 2.08. The number of pyridine rings is 1. The van der Waals surface area contributed by atoms with E-state index in [0.717, 1.165) is 11.2 Å². The maximum absolute atomic E-state index is 5.08. The lowest BCUT2D eigenvalue weighted by Gasteiger charge is -2.24. The van der Waals surface area contributed by atoms with Crippen molar-refractivity contribution in [3.63, 3.8) is 0 Å². The van der Waals surface area contributed by atoms with E-state index in [1.54, 1.807) is 0 Å². The molecule has 2 N–H and O–H groups in total. The summed E-state index contributed by atoms with van der Waals surface area (Å²) in [5.74, 6) is 0. The van der Waals surface area contributed by atoms with Gasteiger partial charge >= 0.3 is 0 Å². The molecule has 0 spiro atoms. The van der Waals surface area contributed by atoms with Crippen LogP contribution in [-0.4, -0.2) is 11.5 Å². The minimum atomic E-state index is 0.524.